The summed E-state index contributed by atoms with van der Waals surface area (Å²) in [7, 11) is 0. The van der Waals surface area contributed by atoms with Crippen LogP contribution in [0.3, 0.4) is 0 Å². The van der Waals surface area contributed by atoms with Crippen LogP contribution in [0.1, 0.15) is 23.2 Å². The first-order valence-electron chi connectivity index (χ1n) is 6.08. The molecule has 2 aromatic carbocycles. The Morgan fingerprint density at radius 2 is 1.74 bits per heavy atom. The minimum Gasteiger partial charge on any atom is -0.463 e. The Labute approximate surface area is 116 Å². The highest BCUT2D eigenvalue weighted by Crippen LogP contribution is 2.33. The maximum Gasteiger partial charge on any atom is 0.137 e. The molecule has 3 rings (SSSR count). The molecule has 0 bridgehead atoms. The molecule has 0 aliphatic rings. The highest BCUT2D eigenvalue weighted by Gasteiger charge is 2.17. The zero-order valence-corrected chi connectivity index (χ0v) is 11.2. The number of hydrogen-bond acceptors (Lipinski definition) is 2. The second-order valence-corrected chi connectivity index (χ2v) is 4.94. The number of aryl methyl sites for hydroxylation is 1. The topological polar surface area (TPSA) is 33.4 Å². The van der Waals surface area contributed by atoms with Crippen LogP contribution in [0.15, 0.2) is 52.9 Å². The molecule has 1 atom stereocenters. The molecule has 0 radical (unpaired) electrons. The molecule has 3 heteroatoms. The highest BCUT2D eigenvalue weighted by molar-refractivity contribution is 6.35. The molecule has 0 aliphatic carbocycles. The Morgan fingerprint density at radius 3 is 2.42 bits per heavy atom. The van der Waals surface area contributed by atoms with Gasteiger partial charge >= 0.3 is 0 Å². The van der Waals surface area contributed by atoms with Gasteiger partial charge in [0, 0.05) is 10.4 Å². The smallest absolute Gasteiger partial charge is 0.137 e. The first-order chi connectivity index (χ1) is 9.16. The van der Waals surface area contributed by atoms with Crippen molar-refractivity contribution in [2.24, 2.45) is 0 Å². The first kappa shape index (κ1) is 12.3. The zero-order chi connectivity index (χ0) is 13.4. The molecule has 2 nitrogen and oxygen atoms in total. The van der Waals surface area contributed by atoms with Crippen LogP contribution in [0.25, 0.3) is 10.8 Å². The lowest BCUT2D eigenvalue weighted by Crippen LogP contribution is -1.99. The summed E-state index contributed by atoms with van der Waals surface area (Å²) in [6.07, 6.45) is -0.782. The van der Waals surface area contributed by atoms with Crippen molar-refractivity contribution in [2.45, 2.75) is 13.0 Å². The molecule has 3 aromatic rings. The van der Waals surface area contributed by atoms with Crippen LogP contribution in [0.4, 0.5) is 0 Å². The largest absolute Gasteiger partial charge is 0.463 e. The second kappa shape index (κ2) is 4.72. The Kier molecular flexibility index (Phi) is 3.05. The lowest BCUT2D eigenvalue weighted by molar-refractivity contribution is 0.189. The van der Waals surface area contributed by atoms with Gasteiger partial charge in [0.15, 0.2) is 0 Å². The van der Waals surface area contributed by atoms with Crippen molar-refractivity contribution in [2.75, 3.05) is 0 Å². The van der Waals surface area contributed by atoms with Crippen molar-refractivity contribution in [3.05, 3.63) is 70.6 Å². The van der Waals surface area contributed by atoms with Crippen LogP contribution in [0, 0.1) is 6.92 Å². The summed E-state index contributed by atoms with van der Waals surface area (Å²) >= 11 is 6.18. The average molecular weight is 273 g/mol. The summed E-state index contributed by atoms with van der Waals surface area (Å²) in [6.45, 7) is 1.86. The maximum absolute atomic E-state index is 10.5. The van der Waals surface area contributed by atoms with Crippen molar-refractivity contribution in [1.82, 2.24) is 0 Å². The van der Waals surface area contributed by atoms with E-state index < -0.39 is 6.10 Å². The van der Waals surface area contributed by atoms with E-state index in [-0.39, 0.29) is 0 Å². The summed E-state index contributed by atoms with van der Waals surface area (Å²) in [5.74, 6) is 1.33. The van der Waals surface area contributed by atoms with Crippen LogP contribution in [-0.4, -0.2) is 5.11 Å². The fourth-order valence-corrected chi connectivity index (χ4v) is 2.51. The van der Waals surface area contributed by atoms with Gasteiger partial charge in [-0.25, -0.2) is 0 Å². The quantitative estimate of drug-likeness (QED) is 0.746. The van der Waals surface area contributed by atoms with E-state index in [4.69, 9.17) is 16.0 Å². The van der Waals surface area contributed by atoms with Gasteiger partial charge < -0.3 is 9.52 Å². The number of aliphatic hydroxyl groups is 1. The molecule has 0 saturated heterocycles. The molecule has 0 saturated carbocycles. The normalized spacial score (nSPS) is 12.8. The monoisotopic (exact) mass is 272 g/mol. The highest BCUT2D eigenvalue weighted by atomic mass is 35.5. The van der Waals surface area contributed by atoms with E-state index in [0.29, 0.717) is 10.8 Å². The minimum absolute atomic E-state index is 0.546. The predicted octanol–water partition coefficient (Wildman–Crippen LogP) is 4.48. The van der Waals surface area contributed by atoms with Gasteiger partial charge in [0.2, 0.25) is 0 Å². The van der Waals surface area contributed by atoms with Gasteiger partial charge in [0.25, 0.3) is 0 Å². The number of benzene rings is 2. The van der Waals surface area contributed by atoms with Gasteiger partial charge in [-0.2, -0.15) is 0 Å². The minimum atomic E-state index is -0.782. The number of halogens is 1. The van der Waals surface area contributed by atoms with Crippen LogP contribution in [-0.2, 0) is 0 Å². The van der Waals surface area contributed by atoms with Crippen molar-refractivity contribution in [1.29, 1.82) is 0 Å². The van der Waals surface area contributed by atoms with Gasteiger partial charge in [-0.05, 0) is 36.1 Å². The zero-order valence-electron chi connectivity index (χ0n) is 10.4. The average Bonchev–Trinajstić information content (AvgIpc) is 2.86. The molecule has 0 spiro atoms. The van der Waals surface area contributed by atoms with Crippen LogP contribution < -0.4 is 0 Å². The molecular formula is C16H13ClO2. The van der Waals surface area contributed by atoms with E-state index in [9.17, 15) is 5.11 Å². The third-order valence-electron chi connectivity index (χ3n) is 3.23. The summed E-state index contributed by atoms with van der Waals surface area (Å²) < 4.78 is 5.50. The molecule has 0 aliphatic heterocycles. The third-order valence-corrected chi connectivity index (χ3v) is 3.56. The Balaban J connectivity index is 2.18. The Morgan fingerprint density at radius 1 is 1.00 bits per heavy atom. The third kappa shape index (κ3) is 2.14. The number of fused-ring (bicyclic) bond motifs is 1. The summed E-state index contributed by atoms with van der Waals surface area (Å²) in [4.78, 5) is 0. The molecule has 1 N–H and O–H groups in total. The molecule has 96 valence electrons. The van der Waals surface area contributed by atoms with Crippen molar-refractivity contribution < 1.29 is 9.52 Å². The fraction of sp³-hybridized carbons (Fsp3) is 0.125. The Hall–Kier alpha value is -1.77. The van der Waals surface area contributed by atoms with Crippen molar-refractivity contribution in [3.8, 4) is 0 Å². The molecule has 0 amide bonds. The van der Waals surface area contributed by atoms with E-state index in [1.54, 1.807) is 12.1 Å². The van der Waals surface area contributed by atoms with Crippen LogP contribution in [0.2, 0.25) is 5.02 Å². The molecule has 0 fully saturated rings. The molecule has 1 unspecified atom stereocenters. The van der Waals surface area contributed by atoms with E-state index in [1.807, 2.05) is 43.3 Å². The van der Waals surface area contributed by atoms with Crippen molar-refractivity contribution in [3.63, 3.8) is 0 Å². The van der Waals surface area contributed by atoms with Crippen molar-refractivity contribution >= 4 is 22.4 Å². The van der Waals surface area contributed by atoms with Gasteiger partial charge in [-0.15, -0.1) is 0 Å². The van der Waals surface area contributed by atoms with Gasteiger partial charge in [-0.1, -0.05) is 41.9 Å². The second-order valence-electron chi connectivity index (χ2n) is 4.53. The number of hydrogen-bond donors (Lipinski definition) is 1. The van der Waals surface area contributed by atoms with E-state index in [1.165, 1.54) is 0 Å². The molecule has 19 heavy (non-hydrogen) atoms. The molecular weight excluding hydrogens is 260 g/mol. The summed E-state index contributed by atoms with van der Waals surface area (Å²) in [6, 6.07) is 15.0. The number of furan rings is 1. The standard InChI is InChI=1S/C16H13ClO2/c1-10-6-9-15(19-10)16(18)13-7-8-14(17)12-5-3-2-4-11(12)13/h2-9,16,18H,1H3. The molecule has 1 heterocycles. The maximum atomic E-state index is 10.5. The SMILES string of the molecule is Cc1ccc(C(O)c2ccc(Cl)c3ccccc23)o1. The van der Waals surface area contributed by atoms with E-state index in [0.717, 1.165) is 22.1 Å². The number of aliphatic hydroxyl groups excluding tert-OH is 1. The molecule has 1 aromatic heterocycles. The van der Waals surface area contributed by atoms with Gasteiger partial charge in [0.05, 0.1) is 0 Å². The van der Waals surface area contributed by atoms with Crippen LogP contribution >= 0.6 is 11.6 Å². The van der Waals surface area contributed by atoms with Crippen LogP contribution in [0.5, 0.6) is 0 Å². The fourth-order valence-electron chi connectivity index (χ4n) is 2.28. The predicted molar refractivity (Wildman–Crippen MR) is 76.5 cm³/mol. The summed E-state index contributed by atoms with van der Waals surface area (Å²) in [5, 5.41) is 13.0. The summed E-state index contributed by atoms with van der Waals surface area (Å²) in [5.41, 5.74) is 0.800. The Bertz CT molecular complexity index is 730. The lowest BCUT2D eigenvalue weighted by Gasteiger charge is -2.12. The number of rotatable bonds is 2. The van der Waals surface area contributed by atoms with Gasteiger partial charge in [0.1, 0.15) is 17.6 Å². The van der Waals surface area contributed by atoms with Gasteiger partial charge in [-0.3, -0.25) is 0 Å². The first-order valence-corrected chi connectivity index (χ1v) is 6.46. The lowest BCUT2D eigenvalue weighted by atomic mass is 9.99. The van der Waals surface area contributed by atoms with E-state index >= 15 is 0 Å². The van der Waals surface area contributed by atoms with E-state index in [2.05, 4.69) is 0 Å².